The Balaban J connectivity index is 2.90. The molecule has 0 aromatic heterocycles. The maximum atomic E-state index is 11.9. The van der Waals surface area contributed by atoms with E-state index in [1.165, 1.54) is 0 Å². The van der Waals surface area contributed by atoms with Crippen LogP contribution in [0.25, 0.3) is 0 Å². The number of hydrogen-bond donors (Lipinski definition) is 1. The molecule has 2 nitrogen and oxygen atoms in total. The Morgan fingerprint density at radius 1 is 1.40 bits per heavy atom. The van der Waals surface area contributed by atoms with Gasteiger partial charge in [0.1, 0.15) is 0 Å². The van der Waals surface area contributed by atoms with Crippen molar-refractivity contribution in [3.8, 4) is 0 Å². The molecule has 0 bridgehead atoms. The summed E-state index contributed by atoms with van der Waals surface area (Å²) in [6, 6.07) is 5.27. The number of nitrogen functional groups attached to an aromatic ring is 1. The van der Waals surface area contributed by atoms with Gasteiger partial charge in [0.15, 0.2) is 0 Å². The van der Waals surface area contributed by atoms with Crippen LogP contribution < -0.4 is 5.73 Å². The van der Waals surface area contributed by atoms with Crippen LogP contribution in [0.15, 0.2) is 18.2 Å². The van der Waals surface area contributed by atoms with Gasteiger partial charge in [-0.2, -0.15) is 0 Å². The van der Waals surface area contributed by atoms with Crippen LogP contribution in [0, 0.1) is 0 Å². The zero-order chi connectivity index (χ0) is 11.6. The first kappa shape index (κ1) is 12.5. The van der Waals surface area contributed by atoms with Crippen molar-refractivity contribution in [3.63, 3.8) is 0 Å². The van der Waals surface area contributed by atoms with Gasteiger partial charge in [0, 0.05) is 26.3 Å². The summed E-state index contributed by atoms with van der Waals surface area (Å²) in [6.07, 6.45) is 0. The molecule has 0 saturated carbocycles. The molecule has 0 aliphatic carbocycles. The van der Waals surface area contributed by atoms with Gasteiger partial charge in [-0.3, -0.25) is 4.21 Å². The molecule has 4 heteroatoms. The van der Waals surface area contributed by atoms with E-state index in [0.29, 0.717) is 16.5 Å². The van der Waals surface area contributed by atoms with Crippen LogP contribution in [0.2, 0.25) is 5.02 Å². The Hall–Kier alpha value is -0.540. The zero-order valence-electron chi connectivity index (χ0n) is 9.21. The molecular formula is C11H16ClNOS. The maximum Gasteiger partial charge on any atom is 0.0506 e. The number of anilines is 1. The average Bonchev–Trinajstić information content (AvgIpc) is 2.09. The normalized spacial score (nSPS) is 13.9. The Morgan fingerprint density at radius 2 is 2.00 bits per heavy atom. The highest BCUT2D eigenvalue weighted by atomic mass is 35.5. The summed E-state index contributed by atoms with van der Waals surface area (Å²) in [5.74, 6) is 0.452. The van der Waals surface area contributed by atoms with Gasteiger partial charge in [-0.1, -0.05) is 11.6 Å². The van der Waals surface area contributed by atoms with E-state index in [1.807, 2.05) is 20.8 Å². The van der Waals surface area contributed by atoms with Crippen molar-refractivity contribution < 1.29 is 4.21 Å². The van der Waals surface area contributed by atoms with Gasteiger partial charge in [0.2, 0.25) is 0 Å². The minimum atomic E-state index is -0.947. The van der Waals surface area contributed by atoms with Crippen LogP contribution in [0.1, 0.15) is 26.3 Å². The predicted octanol–water partition coefficient (Wildman–Crippen LogP) is 2.97. The first-order chi connectivity index (χ1) is 6.80. The molecular weight excluding hydrogens is 230 g/mol. The molecule has 15 heavy (non-hydrogen) atoms. The standard InChI is InChI=1S/C11H16ClNOS/c1-11(2,3)15(14)7-8-6-9(13)4-5-10(8)12/h4-6H,7,13H2,1-3H3. The van der Waals surface area contributed by atoms with E-state index in [0.717, 1.165) is 5.56 Å². The van der Waals surface area contributed by atoms with Gasteiger partial charge < -0.3 is 5.73 Å². The fourth-order valence-corrected chi connectivity index (χ4v) is 2.28. The quantitative estimate of drug-likeness (QED) is 0.814. The summed E-state index contributed by atoms with van der Waals surface area (Å²) in [4.78, 5) is 0. The Morgan fingerprint density at radius 3 is 2.53 bits per heavy atom. The molecule has 0 heterocycles. The highest BCUT2D eigenvalue weighted by molar-refractivity contribution is 7.85. The number of nitrogens with two attached hydrogens (primary N) is 1. The second-order valence-corrected chi connectivity index (χ2v) is 7.06. The van der Waals surface area contributed by atoms with E-state index in [1.54, 1.807) is 18.2 Å². The number of hydrogen-bond acceptors (Lipinski definition) is 2. The monoisotopic (exact) mass is 245 g/mol. The lowest BCUT2D eigenvalue weighted by Gasteiger charge is -2.18. The van der Waals surface area contributed by atoms with E-state index in [2.05, 4.69) is 0 Å². The highest BCUT2D eigenvalue weighted by Crippen LogP contribution is 2.23. The number of benzene rings is 1. The molecule has 84 valence electrons. The minimum absolute atomic E-state index is 0.228. The fourth-order valence-electron chi connectivity index (χ4n) is 1.06. The molecule has 1 atom stereocenters. The van der Waals surface area contributed by atoms with E-state index in [-0.39, 0.29) is 4.75 Å². The second kappa shape index (κ2) is 4.54. The van der Waals surface area contributed by atoms with Gasteiger partial charge in [-0.25, -0.2) is 0 Å². The van der Waals surface area contributed by atoms with Crippen LogP contribution in [0.4, 0.5) is 5.69 Å². The molecule has 0 radical (unpaired) electrons. The van der Waals surface area contributed by atoms with E-state index < -0.39 is 10.8 Å². The lowest BCUT2D eigenvalue weighted by Crippen LogP contribution is -2.23. The van der Waals surface area contributed by atoms with Crippen molar-refractivity contribution in [1.29, 1.82) is 0 Å². The molecule has 0 amide bonds. The van der Waals surface area contributed by atoms with Crippen molar-refractivity contribution in [2.75, 3.05) is 5.73 Å². The Bertz CT molecular complexity index is 385. The minimum Gasteiger partial charge on any atom is -0.399 e. The zero-order valence-corrected chi connectivity index (χ0v) is 10.8. The first-order valence-corrected chi connectivity index (χ1v) is 6.43. The molecule has 0 aliphatic rings. The summed E-state index contributed by atoms with van der Waals surface area (Å²) < 4.78 is 11.7. The molecule has 2 N–H and O–H groups in total. The number of halogens is 1. The van der Waals surface area contributed by atoms with Gasteiger partial charge in [-0.05, 0) is 44.5 Å². The first-order valence-electron chi connectivity index (χ1n) is 4.73. The second-order valence-electron chi connectivity index (χ2n) is 4.45. The summed E-state index contributed by atoms with van der Waals surface area (Å²) in [5, 5.41) is 0.627. The van der Waals surface area contributed by atoms with Crippen molar-refractivity contribution >= 4 is 28.1 Å². The lowest BCUT2D eigenvalue weighted by atomic mass is 10.2. The van der Waals surface area contributed by atoms with Gasteiger partial charge in [-0.15, -0.1) is 0 Å². The fraction of sp³-hybridized carbons (Fsp3) is 0.455. The summed E-state index contributed by atoms with van der Waals surface area (Å²) in [5.41, 5.74) is 7.16. The summed E-state index contributed by atoms with van der Waals surface area (Å²) in [7, 11) is -0.947. The van der Waals surface area contributed by atoms with Crippen LogP contribution in [-0.4, -0.2) is 8.96 Å². The van der Waals surface area contributed by atoms with Gasteiger partial charge >= 0.3 is 0 Å². The Kier molecular flexibility index (Phi) is 3.79. The third-order valence-electron chi connectivity index (χ3n) is 2.04. The average molecular weight is 246 g/mol. The predicted molar refractivity (Wildman–Crippen MR) is 67.5 cm³/mol. The van der Waals surface area contributed by atoms with Crippen molar-refractivity contribution in [1.82, 2.24) is 0 Å². The van der Waals surface area contributed by atoms with Crippen molar-refractivity contribution in [2.45, 2.75) is 31.3 Å². The molecule has 0 spiro atoms. The molecule has 1 unspecified atom stereocenters. The molecule has 1 aromatic rings. The van der Waals surface area contributed by atoms with E-state index in [9.17, 15) is 4.21 Å². The van der Waals surface area contributed by atoms with Gasteiger partial charge in [0.05, 0.1) is 5.75 Å². The molecule has 0 saturated heterocycles. The SMILES string of the molecule is CC(C)(C)S(=O)Cc1cc(N)ccc1Cl. The van der Waals surface area contributed by atoms with Crippen molar-refractivity contribution in [2.24, 2.45) is 0 Å². The summed E-state index contributed by atoms with van der Waals surface area (Å²) in [6.45, 7) is 5.84. The third-order valence-corrected chi connectivity index (χ3v) is 4.35. The number of rotatable bonds is 2. The van der Waals surface area contributed by atoms with E-state index >= 15 is 0 Å². The molecule has 1 aromatic carbocycles. The third kappa shape index (κ3) is 3.50. The van der Waals surface area contributed by atoms with Crippen LogP contribution >= 0.6 is 11.6 Å². The Labute approximate surface area is 98.3 Å². The molecule has 0 aliphatic heterocycles. The lowest BCUT2D eigenvalue weighted by molar-refractivity contribution is 0.648. The van der Waals surface area contributed by atoms with Crippen molar-refractivity contribution in [3.05, 3.63) is 28.8 Å². The molecule has 1 rings (SSSR count). The van der Waals surface area contributed by atoms with Crippen LogP contribution in [0.5, 0.6) is 0 Å². The summed E-state index contributed by atoms with van der Waals surface area (Å²) >= 11 is 6.00. The smallest absolute Gasteiger partial charge is 0.0506 e. The van der Waals surface area contributed by atoms with Crippen LogP contribution in [-0.2, 0) is 16.6 Å². The topological polar surface area (TPSA) is 43.1 Å². The highest BCUT2D eigenvalue weighted by Gasteiger charge is 2.20. The van der Waals surface area contributed by atoms with E-state index in [4.69, 9.17) is 17.3 Å². The van der Waals surface area contributed by atoms with Gasteiger partial charge in [0.25, 0.3) is 0 Å². The van der Waals surface area contributed by atoms with Crippen LogP contribution in [0.3, 0.4) is 0 Å². The maximum absolute atomic E-state index is 11.9. The largest absolute Gasteiger partial charge is 0.399 e. The molecule has 0 fully saturated rings.